The van der Waals surface area contributed by atoms with Crippen molar-refractivity contribution in [1.29, 1.82) is 0 Å². The molecule has 0 saturated heterocycles. The topological polar surface area (TPSA) is 72.5 Å². The number of carbonyl (C=O) groups excluding carboxylic acids is 1. The van der Waals surface area contributed by atoms with Crippen LogP contribution in [0.2, 0.25) is 5.02 Å². The lowest BCUT2D eigenvalue weighted by Crippen LogP contribution is -2.14. The molecule has 26 heavy (non-hydrogen) atoms. The van der Waals surface area contributed by atoms with Crippen molar-refractivity contribution in [2.75, 3.05) is 17.4 Å². The highest BCUT2D eigenvalue weighted by atomic mass is 35.5. The average Bonchev–Trinajstić information content (AvgIpc) is 3.11. The summed E-state index contributed by atoms with van der Waals surface area (Å²) in [7, 11) is 0. The number of para-hydroxylation sites is 1. The minimum atomic E-state index is -0.340. The zero-order valence-electron chi connectivity index (χ0n) is 13.5. The molecule has 1 aliphatic heterocycles. The highest BCUT2D eigenvalue weighted by molar-refractivity contribution is 6.33. The fourth-order valence-corrected chi connectivity index (χ4v) is 2.71. The van der Waals surface area contributed by atoms with E-state index in [1.54, 1.807) is 42.6 Å². The minimum Gasteiger partial charge on any atom is -0.454 e. The van der Waals surface area contributed by atoms with Crippen molar-refractivity contribution in [1.82, 2.24) is 4.98 Å². The first-order chi connectivity index (χ1) is 12.7. The number of aromatic nitrogens is 1. The third-order valence-electron chi connectivity index (χ3n) is 3.78. The molecule has 0 fully saturated rings. The van der Waals surface area contributed by atoms with Crippen LogP contribution in [0.3, 0.4) is 0 Å². The highest BCUT2D eigenvalue weighted by Crippen LogP contribution is 2.35. The van der Waals surface area contributed by atoms with E-state index in [1.165, 1.54) is 0 Å². The number of hydrogen-bond donors (Lipinski definition) is 2. The van der Waals surface area contributed by atoms with Crippen molar-refractivity contribution in [3.63, 3.8) is 0 Å². The second-order valence-electron chi connectivity index (χ2n) is 5.56. The van der Waals surface area contributed by atoms with Gasteiger partial charge in [0, 0.05) is 23.6 Å². The monoisotopic (exact) mass is 367 g/mol. The molecule has 3 aromatic rings. The Balaban J connectivity index is 1.51. The second kappa shape index (κ2) is 6.93. The maximum absolute atomic E-state index is 12.4. The van der Waals surface area contributed by atoms with Gasteiger partial charge in [0.1, 0.15) is 5.69 Å². The molecule has 0 spiro atoms. The Labute approximate surface area is 154 Å². The van der Waals surface area contributed by atoms with E-state index >= 15 is 0 Å². The lowest BCUT2D eigenvalue weighted by atomic mass is 10.2. The van der Waals surface area contributed by atoms with Crippen molar-refractivity contribution in [3.05, 3.63) is 71.5 Å². The molecule has 2 aromatic carbocycles. The fraction of sp³-hybridized carbons (Fsp3) is 0.0526. The van der Waals surface area contributed by atoms with Gasteiger partial charge >= 0.3 is 0 Å². The summed E-state index contributed by atoms with van der Waals surface area (Å²) in [5.41, 5.74) is 2.35. The molecule has 1 aromatic heterocycles. The van der Waals surface area contributed by atoms with Crippen LogP contribution < -0.4 is 20.1 Å². The van der Waals surface area contributed by atoms with Crippen LogP contribution in [-0.2, 0) is 0 Å². The van der Waals surface area contributed by atoms with Crippen molar-refractivity contribution < 1.29 is 14.3 Å². The molecule has 1 amide bonds. The number of pyridine rings is 1. The first-order valence-electron chi connectivity index (χ1n) is 7.88. The van der Waals surface area contributed by atoms with Gasteiger partial charge in [0.05, 0.1) is 10.7 Å². The molecule has 1 aliphatic rings. The van der Waals surface area contributed by atoms with E-state index in [1.807, 2.05) is 18.2 Å². The van der Waals surface area contributed by atoms with Crippen molar-refractivity contribution in [3.8, 4) is 11.5 Å². The molecule has 130 valence electrons. The number of amides is 1. The summed E-state index contributed by atoms with van der Waals surface area (Å²) >= 11 is 6.07. The Morgan fingerprint density at radius 3 is 2.69 bits per heavy atom. The van der Waals surface area contributed by atoms with Crippen LogP contribution in [-0.4, -0.2) is 17.7 Å². The summed E-state index contributed by atoms with van der Waals surface area (Å²) in [6.07, 6.45) is 1.57. The van der Waals surface area contributed by atoms with Crippen LogP contribution >= 0.6 is 11.6 Å². The van der Waals surface area contributed by atoms with Gasteiger partial charge in [0.2, 0.25) is 6.79 Å². The van der Waals surface area contributed by atoms with Crippen LogP contribution in [0, 0.1) is 0 Å². The van der Waals surface area contributed by atoms with Gasteiger partial charge in [-0.2, -0.15) is 0 Å². The summed E-state index contributed by atoms with van der Waals surface area (Å²) in [6.45, 7) is 0.223. The summed E-state index contributed by atoms with van der Waals surface area (Å²) in [5.74, 6) is 1.05. The number of carbonyl (C=O) groups is 1. The number of hydrogen-bond acceptors (Lipinski definition) is 5. The van der Waals surface area contributed by atoms with Crippen molar-refractivity contribution >= 4 is 34.6 Å². The normalized spacial score (nSPS) is 11.9. The van der Waals surface area contributed by atoms with Gasteiger partial charge in [-0.15, -0.1) is 0 Å². The molecule has 2 N–H and O–H groups in total. The molecule has 6 nitrogen and oxygen atoms in total. The molecule has 0 radical (unpaired) electrons. The first kappa shape index (κ1) is 16.2. The smallest absolute Gasteiger partial charge is 0.274 e. The van der Waals surface area contributed by atoms with Crippen molar-refractivity contribution in [2.24, 2.45) is 0 Å². The Kier molecular flexibility index (Phi) is 4.33. The molecular formula is C19H14ClN3O3. The highest BCUT2D eigenvalue weighted by Gasteiger charge is 2.14. The molecular weight excluding hydrogens is 354 g/mol. The number of nitrogens with zero attached hydrogens (tertiary/aromatic N) is 1. The van der Waals surface area contributed by atoms with Gasteiger partial charge in [0.25, 0.3) is 5.91 Å². The number of rotatable bonds is 4. The predicted octanol–water partition coefficient (Wildman–Crippen LogP) is 4.46. The van der Waals surface area contributed by atoms with Gasteiger partial charge in [-0.3, -0.25) is 9.78 Å². The number of nitrogens with one attached hydrogen (secondary N) is 2. The van der Waals surface area contributed by atoms with E-state index in [9.17, 15) is 4.79 Å². The zero-order chi connectivity index (χ0) is 17.9. The Morgan fingerprint density at radius 2 is 1.81 bits per heavy atom. The lowest BCUT2D eigenvalue weighted by molar-refractivity contribution is 0.102. The number of anilines is 3. The van der Waals surface area contributed by atoms with Crippen LogP contribution in [0.4, 0.5) is 17.1 Å². The molecule has 0 atom stereocenters. The van der Waals surface area contributed by atoms with E-state index in [2.05, 4.69) is 15.6 Å². The van der Waals surface area contributed by atoms with Gasteiger partial charge in [-0.05, 0) is 36.4 Å². The Bertz CT molecular complexity index is 978. The third kappa shape index (κ3) is 3.41. The maximum Gasteiger partial charge on any atom is 0.274 e. The van der Waals surface area contributed by atoms with E-state index in [-0.39, 0.29) is 18.4 Å². The van der Waals surface area contributed by atoms with Crippen LogP contribution in [0.5, 0.6) is 11.5 Å². The summed E-state index contributed by atoms with van der Waals surface area (Å²) < 4.78 is 10.7. The number of benzene rings is 2. The van der Waals surface area contributed by atoms with E-state index in [0.717, 1.165) is 11.4 Å². The summed E-state index contributed by atoms with van der Waals surface area (Å²) in [6, 6.07) is 16.0. The number of ether oxygens (including phenoxy) is 2. The lowest BCUT2D eigenvalue weighted by Gasteiger charge is -2.10. The fourth-order valence-electron chi connectivity index (χ4n) is 2.52. The Hall–Kier alpha value is -3.25. The summed E-state index contributed by atoms with van der Waals surface area (Å²) in [5, 5.41) is 6.44. The standard InChI is InChI=1S/C19H14ClN3O3/c20-14-3-1-2-4-15(14)23-19(24)16-9-13(7-8-21-16)22-12-5-6-17-18(10-12)26-11-25-17/h1-10H,11H2,(H,21,22)(H,23,24). The second-order valence-corrected chi connectivity index (χ2v) is 5.96. The zero-order valence-corrected chi connectivity index (χ0v) is 14.3. The van der Waals surface area contributed by atoms with Gasteiger partial charge in [0.15, 0.2) is 11.5 Å². The molecule has 0 bridgehead atoms. The van der Waals surface area contributed by atoms with Gasteiger partial charge in [-0.1, -0.05) is 23.7 Å². The van der Waals surface area contributed by atoms with E-state index < -0.39 is 0 Å². The third-order valence-corrected chi connectivity index (χ3v) is 4.11. The van der Waals surface area contributed by atoms with Crippen LogP contribution in [0.1, 0.15) is 10.5 Å². The minimum absolute atomic E-state index is 0.223. The van der Waals surface area contributed by atoms with Crippen molar-refractivity contribution in [2.45, 2.75) is 0 Å². The largest absolute Gasteiger partial charge is 0.454 e. The van der Waals surface area contributed by atoms with Crippen LogP contribution in [0.15, 0.2) is 60.8 Å². The van der Waals surface area contributed by atoms with Gasteiger partial charge in [-0.25, -0.2) is 0 Å². The van der Waals surface area contributed by atoms with E-state index in [4.69, 9.17) is 21.1 Å². The first-order valence-corrected chi connectivity index (χ1v) is 8.25. The maximum atomic E-state index is 12.4. The number of fused-ring (bicyclic) bond motifs is 1. The van der Waals surface area contributed by atoms with Gasteiger partial charge < -0.3 is 20.1 Å². The summed E-state index contributed by atoms with van der Waals surface area (Å²) in [4.78, 5) is 16.6. The molecule has 2 heterocycles. The predicted molar refractivity (Wildman–Crippen MR) is 99.5 cm³/mol. The average molecular weight is 368 g/mol. The quantitative estimate of drug-likeness (QED) is 0.712. The SMILES string of the molecule is O=C(Nc1ccccc1Cl)c1cc(Nc2ccc3c(c2)OCO3)ccn1. The molecule has 7 heteroatoms. The Morgan fingerprint density at radius 1 is 1.00 bits per heavy atom. The van der Waals surface area contributed by atoms with Crippen LogP contribution in [0.25, 0.3) is 0 Å². The molecule has 4 rings (SSSR count). The molecule has 0 aliphatic carbocycles. The molecule has 0 saturated carbocycles. The number of halogens is 1. The molecule has 0 unspecified atom stereocenters. The van der Waals surface area contributed by atoms with E-state index in [0.29, 0.717) is 22.2 Å².